The number of aromatic hydroxyl groups is 1. The number of aliphatic imine (C=N–C) groups is 1. The van der Waals surface area contributed by atoms with E-state index in [-0.39, 0.29) is 23.0 Å². The van der Waals surface area contributed by atoms with Crippen molar-refractivity contribution >= 4 is 34.9 Å². The summed E-state index contributed by atoms with van der Waals surface area (Å²) in [6.07, 6.45) is 1.34. The summed E-state index contributed by atoms with van der Waals surface area (Å²) in [5.74, 6) is -1.18. The van der Waals surface area contributed by atoms with E-state index in [4.69, 9.17) is 0 Å². The lowest BCUT2D eigenvalue weighted by Crippen LogP contribution is -2.27. The number of anilines is 1. The van der Waals surface area contributed by atoms with Gasteiger partial charge < -0.3 is 5.11 Å². The number of benzene rings is 2. The maximum atomic E-state index is 12.5. The molecule has 0 aliphatic carbocycles. The Morgan fingerprint density at radius 1 is 1.28 bits per heavy atom. The highest BCUT2D eigenvalue weighted by Gasteiger charge is 2.33. The number of hydrogen-bond acceptors (Lipinski definition) is 6. The predicted octanol–water partition coefficient (Wildman–Crippen LogP) is 3.04. The van der Waals surface area contributed by atoms with Crippen molar-refractivity contribution in [1.82, 2.24) is 0 Å². The standard InChI is InChI=1S/C17H14N4O4/c1-11-14(17(23)20(19-11)12-5-3-2-4-6-12)10-18-15-9-13(21(24)25)7-8-16(15)22/h2-10,14,22H,1H3/t14-/m0/s1. The number of hydrazone groups is 1. The van der Waals surface area contributed by atoms with E-state index in [1.165, 1.54) is 23.4 Å². The molecule has 1 amide bonds. The maximum absolute atomic E-state index is 12.5. The van der Waals surface area contributed by atoms with Gasteiger partial charge >= 0.3 is 0 Å². The van der Waals surface area contributed by atoms with Gasteiger partial charge in [-0.05, 0) is 25.1 Å². The Morgan fingerprint density at radius 2 is 2.00 bits per heavy atom. The van der Waals surface area contributed by atoms with Crippen LogP contribution in [0.2, 0.25) is 0 Å². The average molecular weight is 338 g/mol. The van der Waals surface area contributed by atoms with E-state index in [1.807, 2.05) is 6.07 Å². The molecule has 0 saturated carbocycles. The number of rotatable bonds is 4. The molecule has 1 heterocycles. The summed E-state index contributed by atoms with van der Waals surface area (Å²) in [5, 5.41) is 26.1. The van der Waals surface area contributed by atoms with E-state index in [0.717, 1.165) is 6.07 Å². The molecule has 126 valence electrons. The number of phenols is 1. The first-order valence-corrected chi connectivity index (χ1v) is 7.43. The molecular weight excluding hydrogens is 324 g/mol. The molecule has 0 spiro atoms. The zero-order valence-electron chi connectivity index (χ0n) is 13.2. The third kappa shape index (κ3) is 3.23. The fraction of sp³-hybridized carbons (Fsp3) is 0.118. The van der Waals surface area contributed by atoms with Crippen LogP contribution in [0, 0.1) is 16.0 Å². The van der Waals surface area contributed by atoms with Gasteiger partial charge in [0.05, 0.1) is 16.3 Å². The largest absolute Gasteiger partial charge is 0.506 e. The SMILES string of the molecule is CC1=NN(c2ccccc2)C(=O)[C@H]1C=Nc1cc([N+](=O)[O-])ccc1O. The van der Waals surface area contributed by atoms with Crippen LogP contribution in [0.3, 0.4) is 0 Å². The number of amides is 1. The number of carbonyl (C=O) groups excluding carboxylic acids is 1. The molecule has 0 radical (unpaired) electrons. The lowest BCUT2D eigenvalue weighted by molar-refractivity contribution is -0.384. The van der Waals surface area contributed by atoms with Gasteiger partial charge in [-0.2, -0.15) is 10.1 Å². The number of phenolic OH excluding ortho intramolecular Hbond substituents is 1. The van der Waals surface area contributed by atoms with E-state index < -0.39 is 10.8 Å². The first-order valence-electron chi connectivity index (χ1n) is 7.43. The van der Waals surface area contributed by atoms with Crippen molar-refractivity contribution in [2.24, 2.45) is 16.0 Å². The number of carbonyl (C=O) groups is 1. The van der Waals surface area contributed by atoms with Crippen LogP contribution in [-0.4, -0.2) is 27.9 Å². The molecule has 1 aliphatic heterocycles. The second kappa shape index (κ2) is 6.52. The lowest BCUT2D eigenvalue weighted by atomic mass is 10.1. The van der Waals surface area contributed by atoms with Crippen LogP contribution in [-0.2, 0) is 4.79 Å². The van der Waals surface area contributed by atoms with Crippen LogP contribution in [0.4, 0.5) is 17.1 Å². The molecule has 0 fully saturated rings. The highest BCUT2D eigenvalue weighted by Crippen LogP contribution is 2.31. The number of hydrogen-bond donors (Lipinski definition) is 1. The molecule has 2 aromatic carbocycles. The van der Waals surface area contributed by atoms with Crippen molar-refractivity contribution in [3.05, 3.63) is 58.6 Å². The second-order valence-corrected chi connectivity index (χ2v) is 5.41. The van der Waals surface area contributed by atoms with Gasteiger partial charge in [0.1, 0.15) is 17.4 Å². The van der Waals surface area contributed by atoms with Crippen molar-refractivity contribution in [3.63, 3.8) is 0 Å². The van der Waals surface area contributed by atoms with Gasteiger partial charge in [0.25, 0.3) is 11.6 Å². The van der Waals surface area contributed by atoms with E-state index in [0.29, 0.717) is 11.4 Å². The molecule has 1 atom stereocenters. The quantitative estimate of drug-likeness (QED) is 0.525. The Hall–Kier alpha value is -3.55. The topological polar surface area (TPSA) is 108 Å². The zero-order valence-corrected chi connectivity index (χ0v) is 13.2. The number of para-hydroxylation sites is 1. The van der Waals surface area contributed by atoms with Gasteiger partial charge in [-0.25, -0.2) is 0 Å². The smallest absolute Gasteiger partial charge is 0.271 e. The van der Waals surface area contributed by atoms with Gasteiger partial charge in [0.2, 0.25) is 0 Å². The molecule has 8 nitrogen and oxygen atoms in total. The van der Waals surface area contributed by atoms with Gasteiger partial charge in [-0.3, -0.25) is 19.9 Å². The molecule has 0 aromatic heterocycles. The Kier molecular flexibility index (Phi) is 4.25. The second-order valence-electron chi connectivity index (χ2n) is 5.41. The summed E-state index contributed by atoms with van der Waals surface area (Å²) in [4.78, 5) is 26.8. The summed E-state index contributed by atoms with van der Waals surface area (Å²) in [5.41, 5.74) is 1.01. The van der Waals surface area contributed by atoms with E-state index in [2.05, 4.69) is 10.1 Å². The van der Waals surface area contributed by atoms with Gasteiger partial charge in [-0.1, -0.05) is 18.2 Å². The Bertz CT molecular complexity index is 893. The van der Waals surface area contributed by atoms with E-state index in [1.54, 1.807) is 31.2 Å². The summed E-state index contributed by atoms with van der Waals surface area (Å²) < 4.78 is 0. The number of nitrogens with zero attached hydrogens (tertiary/aromatic N) is 4. The van der Waals surface area contributed by atoms with Crippen molar-refractivity contribution in [2.45, 2.75) is 6.92 Å². The van der Waals surface area contributed by atoms with Crippen molar-refractivity contribution < 1.29 is 14.8 Å². The first kappa shape index (κ1) is 16.3. The van der Waals surface area contributed by atoms with Crippen LogP contribution in [0.25, 0.3) is 0 Å². The van der Waals surface area contributed by atoms with Crippen molar-refractivity contribution in [3.8, 4) is 5.75 Å². The Balaban J connectivity index is 1.85. The Morgan fingerprint density at radius 3 is 2.68 bits per heavy atom. The first-order chi connectivity index (χ1) is 12.0. The average Bonchev–Trinajstić information content (AvgIpc) is 2.89. The third-order valence-corrected chi connectivity index (χ3v) is 3.72. The van der Waals surface area contributed by atoms with Crippen LogP contribution in [0.5, 0.6) is 5.75 Å². The van der Waals surface area contributed by atoms with Gasteiger partial charge in [-0.15, -0.1) is 0 Å². The van der Waals surface area contributed by atoms with E-state index >= 15 is 0 Å². The van der Waals surface area contributed by atoms with Crippen LogP contribution in [0.15, 0.2) is 58.6 Å². The summed E-state index contributed by atoms with van der Waals surface area (Å²) in [6.45, 7) is 1.70. The summed E-state index contributed by atoms with van der Waals surface area (Å²) in [6, 6.07) is 12.5. The fourth-order valence-corrected chi connectivity index (χ4v) is 2.39. The molecule has 3 rings (SSSR count). The maximum Gasteiger partial charge on any atom is 0.271 e. The molecule has 0 saturated heterocycles. The number of non-ortho nitro benzene ring substituents is 1. The van der Waals surface area contributed by atoms with Crippen molar-refractivity contribution in [1.29, 1.82) is 0 Å². The molecule has 25 heavy (non-hydrogen) atoms. The van der Waals surface area contributed by atoms with Crippen LogP contribution < -0.4 is 5.01 Å². The third-order valence-electron chi connectivity index (χ3n) is 3.72. The monoisotopic (exact) mass is 338 g/mol. The van der Waals surface area contributed by atoms with Crippen LogP contribution >= 0.6 is 0 Å². The lowest BCUT2D eigenvalue weighted by Gasteiger charge is -2.12. The zero-order chi connectivity index (χ0) is 18.0. The highest BCUT2D eigenvalue weighted by atomic mass is 16.6. The highest BCUT2D eigenvalue weighted by molar-refractivity contribution is 6.23. The number of nitro benzene ring substituents is 1. The molecule has 8 heteroatoms. The minimum atomic E-state index is -0.695. The minimum Gasteiger partial charge on any atom is -0.506 e. The molecule has 1 aliphatic rings. The van der Waals surface area contributed by atoms with Crippen molar-refractivity contribution in [2.75, 3.05) is 5.01 Å². The van der Waals surface area contributed by atoms with E-state index in [9.17, 15) is 20.0 Å². The summed E-state index contributed by atoms with van der Waals surface area (Å²) >= 11 is 0. The number of nitro groups is 1. The molecule has 0 unspecified atom stereocenters. The predicted molar refractivity (Wildman–Crippen MR) is 93.4 cm³/mol. The van der Waals surface area contributed by atoms with Crippen LogP contribution in [0.1, 0.15) is 6.92 Å². The van der Waals surface area contributed by atoms with Gasteiger partial charge in [0.15, 0.2) is 0 Å². The normalized spacial score (nSPS) is 17.2. The molecular formula is C17H14N4O4. The minimum absolute atomic E-state index is 0.0213. The Labute approximate surface area is 142 Å². The summed E-state index contributed by atoms with van der Waals surface area (Å²) in [7, 11) is 0. The fourth-order valence-electron chi connectivity index (χ4n) is 2.39. The molecule has 1 N–H and O–H groups in total. The molecule has 2 aromatic rings. The van der Waals surface area contributed by atoms with Gasteiger partial charge in [0, 0.05) is 18.3 Å². The molecule has 0 bridgehead atoms.